The molecule has 2 aromatic carbocycles. The smallest absolute Gasteiger partial charge is 0.266 e. The normalized spacial score (nSPS) is 11.2. The van der Waals surface area contributed by atoms with Gasteiger partial charge < -0.3 is 10.1 Å². The third-order valence-electron chi connectivity index (χ3n) is 4.43. The number of nitrogens with zero attached hydrogens (tertiary/aromatic N) is 2. The van der Waals surface area contributed by atoms with Crippen LogP contribution in [0.4, 0.5) is 5.69 Å². The average molecular weight is 457 g/mol. The molecule has 0 atom stereocenters. The van der Waals surface area contributed by atoms with Crippen molar-refractivity contribution in [2.24, 2.45) is 0 Å². The molecule has 32 heavy (non-hydrogen) atoms. The molecule has 2 N–H and O–H groups in total. The predicted molar refractivity (Wildman–Crippen MR) is 121 cm³/mol. The molecule has 0 saturated carbocycles. The van der Waals surface area contributed by atoms with E-state index in [1.54, 1.807) is 6.07 Å². The fraction of sp³-hybridized carbons (Fsp3) is 0.227. The van der Waals surface area contributed by atoms with Gasteiger partial charge in [-0.15, -0.1) is 0 Å². The third kappa shape index (κ3) is 6.02. The summed E-state index contributed by atoms with van der Waals surface area (Å²) in [6.07, 6.45) is 0. The van der Waals surface area contributed by atoms with Crippen LogP contribution < -0.4 is 20.3 Å². The summed E-state index contributed by atoms with van der Waals surface area (Å²) in [5.74, 6) is 0.494. The van der Waals surface area contributed by atoms with Gasteiger partial charge in [0.2, 0.25) is 15.9 Å². The van der Waals surface area contributed by atoms with Crippen LogP contribution in [-0.2, 0) is 21.4 Å². The van der Waals surface area contributed by atoms with E-state index in [1.807, 2.05) is 31.2 Å². The Labute approximate surface area is 186 Å². The lowest BCUT2D eigenvalue weighted by molar-refractivity contribution is -0.114. The highest BCUT2D eigenvalue weighted by molar-refractivity contribution is 7.89. The second-order valence-corrected chi connectivity index (χ2v) is 8.61. The van der Waals surface area contributed by atoms with Crippen molar-refractivity contribution in [3.8, 4) is 17.0 Å². The molecular formula is C22H24N4O5S. The Morgan fingerprint density at radius 2 is 1.72 bits per heavy atom. The SMILES string of the molecule is CCOc1ccc(-c2ccc(=O)n(CCNS(=O)(=O)c3ccc(NC(C)=O)cc3)n2)cc1. The summed E-state index contributed by atoms with van der Waals surface area (Å²) in [4.78, 5) is 23.3. The first-order valence-electron chi connectivity index (χ1n) is 9.97. The molecule has 1 heterocycles. The number of carbonyl (C=O) groups is 1. The van der Waals surface area contributed by atoms with Crippen LogP contribution in [0.15, 0.2) is 70.4 Å². The number of carbonyl (C=O) groups excluding carboxylic acids is 1. The lowest BCUT2D eigenvalue weighted by atomic mass is 10.1. The van der Waals surface area contributed by atoms with Crippen molar-refractivity contribution in [3.63, 3.8) is 0 Å². The molecule has 0 aliphatic heterocycles. The van der Waals surface area contributed by atoms with E-state index in [2.05, 4.69) is 15.1 Å². The molecule has 3 rings (SSSR count). The predicted octanol–water partition coefficient (Wildman–Crippen LogP) is 2.25. The minimum atomic E-state index is -3.78. The van der Waals surface area contributed by atoms with Crippen LogP contribution in [0, 0.1) is 0 Å². The molecule has 0 fully saturated rings. The fourth-order valence-corrected chi connectivity index (χ4v) is 3.96. The third-order valence-corrected chi connectivity index (χ3v) is 5.91. The van der Waals surface area contributed by atoms with Gasteiger partial charge in [-0.3, -0.25) is 9.59 Å². The number of nitrogens with one attached hydrogen (secondary N) is 2. The number of rotatable bonds is 9. The van der Waals surface area contributed by atoms with E-state index in [-0.39, 0.29) is 29.5 Å². The van der Waals surface area contributed by atoms with Gasteiger partial charge >= 0.3 is 0 Å². The zero-order chi connectivity index (χ0) is 23.1. The van der Waals surface area contributed by atoms with Crippen LogP contribution in [0.1, 0.15) is 13.8 Å². The second kappa shape index (κ2) is 10.2. The molecule has 0 aliphatic carbocycles. The number of amides is 1. The molecule has 1 amide bonds. The van der Waals surface area contributed by atoms with Crippen LogP contribution in [0.5, 0.6) is 5.75 Å². The summed E-state index contributed by atoms with van der Waals surface area (Å²) in [5.41, 5.74) is 1.56. The van der Waals surface area contributed by atoms with Crippen molar-refractivity contribution >= 4 is 21.6 Å². The number of sulfonamides is 1. The van der Waals surface area contributed by atoms with Crippen LogP contribution >= 0.6 is 0 Å². The molecule has 168 valence electrons. The molecule has 0 bridgehead atoms. The summed E-state index contributed by atoms with van der Waals surface area (Å²) in [5, 5.41) is 6.91. The van der Waals surface area contributed by atoms with Crippen molar-refractivity contribution in [2.75, 3.05) is 18.5 Å². The molecule has 0 saturated heterocycles. The molecular weight excluding hydrogens is 432 g/mol. The number of hydrogen-bond acceptors (Lipinski definition) is 6. The van der Waals surface area contributed by atoms with Gasteiger partial charge in [-0.1, -0.05) is 0 Å². The van der Waals surface area contributed by atoms with Crippen molar-refractivity contribution in [3.05, 3.63) is 71.0 Å². The molecule has 0 spiro atoms. The number of benzene rings is 2. The van der Waals surface area contributed by atoms with E-state index in [9.17, 15) is 18.0 Å². The largest absolute Gasteiger partial charge is 0.494 e. The highest BCUT2D eigenvalue weighted by Crippen LogP contribution is 2.20. The Morgan fingerprint density at radius 1 is 1.03 bits per heavy atom. The van der Waals surface area contributed by atoms with Gasteiger partial charge in [-0.2, -0.15) is 5.10 Å². The maximum absolute atomic E-state index is 12.5. The van der Waals surface area contributed by atoms with Gasteiger partial charge in [-0.25, -0.2) is 17.8 Å². The van der Waals surface area contributed by atoms with Gasteiger partial charge in [0.1, 0.15) is 5.75 Å². The van der Waals surface area contributed by atoms with Gasteiger partial charge in [0.05, 0.1) is 23.7 Å². The van der Waals surface area contributed by atoms with E-state index in [4.69, 9.17) is 4.74 Å². The quantitative estimate of drug-likeness (QED) is 0.510. The van der Waals surface area contributed by atoms with Crippen LogP contribution in [0.2, 0.25) is 0 Å². The second-order valence-electron chi connectivity index (χ2n) is 6.84. The first-order valence-corrected chi connectivity index (χ1v) is 11.5. The minimum Gasteiger partial charge on any atom is -0.494 e. The van der Waals surface area contributed by atoms with E-state index >= 15 is 0 Å². The fourth-order valence-electron chi connectivity index (χ4n) is 2.94. The van der Waals surface area contributed by atoms with Gasteiger partial charge in [0.15, 0.2) is 0 Å². The van der Waals surface area contributed by atoms with E-state index in [1.165, 1.54) is 41.9 Å². The molecule has 1 aromatic heterocycles. The van der Waals surface area contributed by atoms with Gasteiger partial charge in [-0.05, 0) is 61.5 Å². The molecule has 0 radical (unpaired) electrons. The standard InChI is InChI=1S/C22H24N4O5S/c1-3-31-19-8-4-17(5-9-19)21-12-13-22(28)26(25-21)15-14-23-32(29,30)20-10-6-18(7-11-20)24-16(2)27/h4-13,23H,3,14-15H2,1-2H3,(H,24,27). The molecule has 9 nitrogen and oxygen atoms in total. The highest BCUT2D eigenvalue weighted by atomic mass is 32.2. The van der Waals surface area contributed by atoms with Gasteiger partial charge in [0.25, 0.3) is 5.56 Å². The highest BCUT2D eigenvalue weighted by Gasteiger charge is 2.14. The van der Waals surface area contributed by atoms with E-state index in [0.717, 1.165) is 11.3 Å². The Balaban J connectivity index is 1.66. The lowest BCUT2D eigenvalue weighted by Gasteiger charge is -2.10. The molecule has 10 heteroatoms. The minimum absolute atomic E-state index is 0.0184. The maximum atomic E-state index is 12.5. The van der Waals surface area contributed by atoms with Crippen molar-refractivity contribution in [1.29, 1.82) is 0 Å². The number of ether oxygens (including phenoxy) is 1. The summed E-state index contributed by atoms with van der Waals surface area (Å²) < 4.78 is 34.1. The molecule has 0 unspecified atom stereocenters. The zero-order valence-electron chi connectivity index (χ0n) is 17.7. The topological polar surface area (TPSA) is 119 Å². The Morgan fingerprint density at radius 3 is 2.34 bits per heavy atom. The summed E-state index contributed by atoms with van der Waals surface area (Å²) in [6.45, 7) is 3.88. The van der Waals surface area contributed by atoms with Gasteiger partial charge in [0, 0.05) is 30.8 Å². The van der Waals surface area contributed by atoms with Crippen LogP contribution in [-0.4, -0.2) is 37.3 Å². The maximum Gasteiger partial charge on any atom is 0.266 e. The molecule has 0 aliphatic rings. The summed E-state index contributed by atoms with van der Waals surface area (Å²) >= 11 is 0. The van der Waals surface area contributed by atoms with Crippen molar-refractivity contribution in [1.82, 2.24) is 14.5 Å². The zero-order valence-corrected chi connectivity index (χ0v) is 18.6. The first-order chi connectivity index (χ1) is 15.3. The monoisotopic (exact) mass is 456 g/mol. The van der Waals surface area contributed by atoms with Crippen molar-refractivity contribution < 1.29 is 17.9 Å². The Bertz CT molecular complexity index is 1240. The number of aromatic nitrogens is 2. The number of anilines is 1. The van der Waals surface area contributed by atoms with Crippen molar-refractivity contribution in [2.45, 2.75) is 25.3 Å². The van der Waals surface area contributed by atoms with E-state index < -0.39 is 10.0 Å². The van der Waals surface area contributed by atoms with Crippen LogP contribution in [0.25, 0.3) is 11.3 Å². The van der Waals surface area contributed by atoms with Crippen LogP contribution in [0.3, 0.4) is 0 Å². The average Bonchev–Trinajstić information content (AvgIpc) is 2.76. The number of hydrogen-bond donors (Lipinski definition) is 2. The summed E-state index contributed by atoms with van der Waals surface area (Å²) in [7, 11) is -3.78. The lowest BCUT2D eigenvalue weighted by Crippen LogP contribution is -2.32. The Kier molecular flexibility index (Phi) is 7.39. The summed E-state index contributed by atoms with van der Waals surface area (Å²) in [6, 6.07) is 16.1. The first kappa shape index (κ1) is 23.2. The Hall–Kier alpha value is -3.50. The van der Waals surface area contributed by atoms with E-state index in [0.29, 0.717) is 18.0 Å². The molecule has 3 aromatic rings.